The number of aromatic hydroxyl groups is 1. The summed E-state index contributed by atoms with van der Waals surface area (Å²) >= 11 is 0. The van der Waals surface area contributed by atoms with Gasteiger partial charge in [-0.1, -0.05) is 18.2 Å². The number of nitrogens with one attached hydrogen (secondary N) is 1. The van der Waals surface area contributed by atoms with Crippen LogP contribution in [-0.2, 0) is 0 Å². The molecule has 2 aromatic carbocycles. The molecular weight excluding hydrogens is 406 g/mol. The summed E-state index contributed by atoms with van der Waals surface area (Å²) in [6.45, 7) is 5.17. The van der Waals surface area contributed by atoms with E-state index in [1.165, 1.54) is 24.6 Å². The molecule has 1 saturated heterocycles. The number of benzene rings is 2. The molecule has 3 aromatic rings. The van der Waals surface area contributed by atoms with Crippen molar-refractivity contribution < 1.29 is 19.5 Å². The highest BCUT2D eigenvalue weighted by atomic mass is 16.5. The zero-order chi connectivity index (χ0) is 22.7. The third kappa shape index (κ3) is 3.96. The average Bonchev–Trinajstić information content (AvgIpc) is 3.28. The summed E-state index contributed by atoms with van der Waals surface area (Å²) in [6.07, 6.45) is 4.08. The Morgan fingerprint density at radius 3 is 2.69 bits per heavy atom. The highest BCUT2D eigenvalue weighted by Crippen LogP contribution is 2.32. The van der Waals surface area contributed by atoms with Crippen molar-refractivity contribution in [3.63, 3.8) is 0 Å². The molecule has 0 aliphatic carbocycles. The van der Waals surface area contributed by atoms with E-state index in [1.54, 1.807) is 42.5 Å². The lowest BCUT2D eigenvalue weighted by Gasteiger charge is -2.18. The van der Waals surface area contributed by atoms with Gasteiger partial charge in [0, 0.05) is 35.9 Å². The van der Waals surface area contributed by atoms with Crippen LogP contribution in [0.4, 0.5) is 0 Å². The lowest BCUT2D eigenvalue weighted by Crippen LogP contribution is -3.13. The first-order valence-corrected chi connectivity index (χ1v) is 11.0. The maximum atomic E-state index is 13.4. The molecule has 2 heterocycles. The number of methoxy groups -OCH3 is 2. The second kappa shape index (κ2) is 9.44. The first-order valence-electron chi connectivity index (χ1n) is 11.0. The van der Waals surface area contributed by atoms with Crippen LogP contribution >= 0.6 is 0 Å². The largest absolute Gasteiger partial charge is 0.497 e. The molecule has 1 aromatic heterocycles. The monoisotopic (exact) mass is 436 g/mol. The van der Waals surface area contributed by atoms with Gasteiger partial charge in [-0.25, -0.2) is 4.57 Å². The molecule has 0 radical (unpaired) electrons. The second-order valence-corrected chi connectivity index (χ2v) is 8.06. The van der Waals surface area contributed by atoms with Gasteiger partial charge in [-0.15, -0.1) is 0 Å². The number of likely N-dealkylation sites (N-methyl/N-ethyl adjacent to an activating group) is 1. The number of quaternary nitrogens is 1. The fraction of sp³-hybridized carbons (Fsp3) is 0.360. The summed E-state index contributed by atoms with van der Waals surface area (Å²) in [7, 11) is 3.08. The van der Waals surface area contributed by atoms with Gasteiger partial charge < -0.3 is 19.5 Å². The van der Waals surface area contributed by atoms with Crippen molar-refractivity contribution in [2.24, 2.45) is 4.99 Å². The molecule has 7 heteroatoms. The van der Waals surface area contributed by atoms with Gasteiger partial charge in [0.05, 0.1) is 45.1 Å². The van der Waals surface area contributed by atoms with E-state index in [1.807, 2.05) is 18.2 Å². The topological polar surface area (TPSA) is 77.5 Å². The molecule has 4 rings (SSSR count). The first kappa shape index (κ1) is 21.9. The molecule has 0 saturated carbocycles. The van der Waals surface area contributed by atoms with Crippen molar-refractivity contribution in [3.05, 3.63) is 58.4 Å². The minimum atomic E-state index is -0.334. The van der Waals surface area contributed by atoms with Gasteiger partial charge in [0.2, 0.25) is 5.88 Å². The summed E-state index contributed by atoms with van der Waals surface area (Å²) in [5, 5.41) is 12.4. The van der Waals surface area contributed by atoms with Crippen LogP contribution in [0.1, 0.15) is 25.3 Å². The zero-order valence-corrected chi connectivity index (χ0v) is 18.8. The van der Waals surface area contributed by atoms with Gasteiger partial charge in [0.1, 0.15) is 17.5 Å². The second-order valence-electron chi connectivity index (χ2n) is 8.06. The molecule has 1 aliphatic rings. The molecular formula is C25H30N3O4+. The Morgan fingerprint density at radius 2 is 1.97 bits per heavy atom. The van der Waals surface area contributed by atoms with Crippen molar-refractivity contribution in [3.8, 4) is 23.1 Å². The number of aromatic nitrogens is 1. The van der Waals surface area contributed by atoms with Crippen molar-refractivity contribution in [2.75, 3.05) is 33.9 Å². The molecule has 2 N–H and O–H groups in total. The number of ether oxygens (including phenoxy) is 2. The first-order chi connectivity index (χ1) is 15.6. The Bertz CT molecular complexity index is 1200. The van der Waals surface area contributed by atoms with E-state index < -0.39 is 0 Å². The van der Waals surface area contributed by atoms with E-state index in [0.717, 1.165) is 13.0 Å². The minimum Gasteiger partial charge on any atom is -0.497 e. The maximum Gasteiger partial charge on any atom is 0.265 e. The van der Waals surface area contributed by atoms with E-state index in [4.69, 9.17) is 14.5 Å². The molecule has 1 aliphatic heterocycles. The van der Waals surface area contributed by atoms with Crippen LogP contribution in [0, 0.1) is 0 Å². The maximum absolute atomic E-state index is 13.4. The van der Waals surface area contributed by atoms with Crippen LogP contribution in [0.25, 0.3) is 16.5 Å². The van der Waals surface area contributed by atoms with Gasteiger partial charge in [-0.2, -0.15) is 0 Å². The van der Waals surface area contributed by atoms with Crippen molar-refractivity contribution in [2.45, 2.75) is 25.8 Å². The molecule has 0 spiro atoms. The number of pyridine rings is 1. The Balaban J connectivity index is 1.86. The van der Waals surface area contributed by atoms with Gasteiger partial charge in [-0.3, -0.25) is 9.79 Å². The van der Waals surface area contributed by atoms with Crippen molar-refractivity contribution >= 4 is 17.0 Å². The van der Waals surface area contributed by atoms with E-state index in [0.29, 0.717) is 46.1 Å². The quantitative estimate of drug-likeness (QED) is 0.557. The van der Waals surface area contributed by atoms with E-state index in [-0.39, 0.29) is 11.4 Å². The molecule has 7 nitrogen and oxygen atoms in total. The smallest absolute Gasteiger partial charge is 0.265 e. The van der Waals surface area contributed by atoms with E-state index in [2.05, 4.69) is 6.92 Å². The molecule has 168 valence electrons. The van der Waals surface area contributed by atoms with Gasteiger partial charge in [-0.05, 0) is 25.1 Å². The highest BCUT2D eigenvalue weighted by Gasteiger charge is 2.26. The Labute approximate surface area is 187 Å². The molecule has 2 atom stereocenters. The third-order valence-electron chi connectivity index (χ3n) is 6.36. The lowest BCUT2D eigenvalue weighted by atomic mass is 10.1. The lowest BCUT2D eigenvalue weighted by molar-refractivity contribution is -0.908. The van der Waals surface area contributed by atoms with Gasteiger partial charge in [0.15, 0.2) is 0 Å². The van der Waals surface area contributed by atoms with Crippen LogP contribution in [0.3, 0.4) is 0 Å². The Hall–Kier alpha value is -3.32. The number of fused-ring (bicyclic) bond motifs is 1. The summed E-state index contributed by atoms with van der Waals surface area (Å²) in [4.78, 5) is 19.7. The fourth-order valence-electron chi connectivity index (χ4n) is 4.63. The molecule has 1 unspecified atom stereocenters. The Kier molecular flexibility index (Phi) is 6.46. The number of likely N-dealkylation sites (tertiary alicyclic amines) is 1. The summed E-state index contributed by atoms with van der Waals surface area (Å²) < 4.78 is 12.1. The summed E-state index contributed by atoms with van der Waals surface area (Å²) in [5.41, 5.74) is 0.590. The van der Waals surface area contributed by atoms with Gasteiger partial charge >= 0.3 is 0 Å². The van der Waals surface area contributed by atoms with Crippen LogP contribution in [0.15, 0.2) is 52.3 Å². The van der Waals surface area contributed by atoms with E-state index in [9.17, 15) is 9.90 Å². The minimum absolute atomic E-state index is 0.171. The van der Waals surface area contributed by atoms with Gasteiger partial charge in [0.25, 0.3) is 5.56 Å². The average molecular weight is 437 g/mol. The zero-order valence-electron chi connectivity index (χ0n) is 18.8. The highest BCUT2D eigenvalue weighted by molar-refractivity contribution is 6.01. The normalized spacial score (nSPS) is 18.5. The molecule has 1 fully saturated rings. The number of nitrogens with zero attached hydrogens (tertiary/aromatic N) is 2. The SMILES string of the molecule is CC[NH+]1CCC[C@@H]1CN=Cc1c(O)n(-c2cc(OC)ccc2OC)c(=O)c2ccccc12. The molecule has 0 amide bonds. The van der Waals surface area contributed by atoms with Crippen LogP contribution in [0.2, 0.25) is 0 Å². The summed E-state index contributed by atoms with van der Waals surface area (Å²) in [6, 6.07) is 12.9. The number of rotatable bonds is 7. The standard InChI is InChI=1S/C25H29N3O4/c1-4-27-13-7-8-17(27)15-26-16-21-19-9-5-6-10-20(19)24(29)28(25(21)30)22-14-18(31-2)11-12-23(22)32-3/h5-6,9-12,14,16-17,30H,4,7-8,13,15H2,1-3H3/p+1/t17-/m1/s1. The fourth-order valence-corrected chi connectivity index (χ4v) is 4.63. The number of hydrogen-bond donors (Lipinski definition) is 2. The van der Waals surface area contributed by atoms with Crippen LogP contribution in [0.5, 0.6) is 17.4 Å². The number of hydrogen-bond acceptors (Lipinski definition) is 5. The molecule has 32 heavy (non-hydrogen) atoms. The molecule has 0 bridgehead atoms. The third-order valence-corrected chi connectivity index (χ3v) is 6.36. The van der Waals surface area contributed by atoms with E-state index >= 15 is 0 Å². The van der Waals surface area contributed by atoms with Crippen LogP contribution < -0.4 is 19.9 Å². The van der Waals surface area contributed by atoms with Crippen molar-refractivity contribution in [1.82, 2.24) is 4.57 Å². The Morgan fingerprint density at radius 1 is 1.19 bits per heavy atom. The van der Waals surface area contributed by atoms with Crippen LogP contribution in [-0.4, -0.2) is 55.8 Å². The summed E-state index contributed by atoms with van der Waals surface area (Å²) in [5.74, 6) is 0.837. The predicted molar refractivity (Wildman–Crippen MR) is 126 cm³/mol. The predicted octanol–water partition coefficient (Wildman–Crippen LogP) is 2.20. The number of aliphatic imine (C=N–C) groups is 1. The van der Waals surface area contributed by atoms with Crippen molar-refractivity contribution in [1.29, 1.82) is 0 Å².